The first kappa shape index (κ1) is 15.2. The van der Waals surface area contributed by atoms with E-state index in [1.807, 2.05) is 12.1 Å². The lowest BCUT2D eigenvalue weighted by Gasteiger charge is -2.41. The predicted octanol–water partition coefficient (Wildman–Crippen LogP) is 4.37. The molecular weight excluding hydrogens is 304 g/mol. The maximum Gasteiger partial charge on any atom is 0.107 e. The van der Waals surface area contributed by atoms with Gasteiger partial charge in [-0.3, -0.25) is 4.90 Å². The third kappa shape index (κ3) is 1.99. The summed E-state index contributed by atoms with van der Waals surface area (Å²) < 4.78 is 0. The maximum absolute atomic E-state index is 10.4. The van der Waals surface area contributed by atoms with Crippen molar-refractivity contribution in [1.82, 2.24) is 4.90 Å². The van der Waals surface area contributed by atoms with Crippen LogP contribution in [0.4, 0.5) is 0 Å². The number of likely N-dealkylation sites (tertiary alicyclic amines) is 1. The molecule has 2 saturated carbocycles. The van der Waals surface area contributed by atoms with Crippen molar-refractivity contribution < 1.29 is 0 Å². The average molecular weight is 328 g/mol. The highest BCUT2D eigenvalue weighted by atomic mass is 15.3. The van der Waals surface area contributed by atoms with Gasteiger partial charge in [0, 0.05) is 17.5 Å². The first-order valence-corrected chi connectivity index (χ1v) is 9.44. The van der Waals surface area contributed by atoms with Gasteiger partial charge in [-0.1, -0.05) is 60.7 Å². The first-order chi connectivity index (χ1) is 12.2. The van der Waals surface area contributed by atoms with Gasteiger partial charge in [0.1, 0.15) is 5.41 Å². The summed E-state index contributed by atoms with van der Waals surface area (Å²) in [6.07, 6.45) is 4.91. The number of rotatable bonds is 4. The molecule has 0 bridgehead atoms. The Morgan fingerprint density at radius 3 is 2.08 bits per heavy atom. The molecule has 25 heavy (non-hydrogen) atoms. The van der Waals surface area contributed by atoms with Crippen LogP contribution in [-0.2, 0) is 5.41 Å². The van der Waals surface area contributed by atoms with Gasteiger partial charge in [-0.15, -0.1) is 0 Å². The highest BCUT2D eigenvalue weighted by Gasteiger charge is 2.74. The van der Waals surface area contributed by atoms with Gasteiger partial charge in [0.25, 0.3) is 0 Å². The highest BCUT2D eigenvalue weighted by molar-refractivity contribution is 5.46. The molecule has 5 rings (SSSR count). The summed E-state index contributed by atoms with van der Waals surface area (Å²) in [6, 6.07) is 25.2. The van der Waals surface area contributed by atoms with Crippen molar-refractivity contribution in [3.05, 3.63) is 71.8 Å². The molecule has 0 N–H and O–H groups in total. The molecule has 2 aromatic carbocycles. The Kier molecular flexibility index (Phi) is 3.15. The van der Waals surface area contributed by atoms with E-state index in [1.165, 1.54) is 19.3 Å². The monoisotopic (exact) mass is 328 g/mol. The van der Waals surface area contributed by atoms with Gasteiger partial charge in [-0.05, 0) is 49.8 Å². The zero-order valence-corrected chi connectivity index (χ0v) is 14.7. The van der Waals surface area contributed by atoms with Crippen LogP contribution in [0.15, 0.2) is 60.7 Å². The molecule has 1 saturated heterocycles. The fourth-order valence-corrected chi connectivity index (χ4v) is 6.05. The van der Waals surface area contributed by atoms with Crippen LogP contribution in [-0.4, -0.2) is 24.0 Å². The third-order valence-electron chi connectivity index (χ3n) is 7.27. The molecule has 4 atom stereocenters. The van der Waals surface area contributed by atoms with E-state index < -0.39 is 5.41 Å². The Labute approximate surface area is 150 Å². The Morgan fingerprint density at radius 2 is 1.60 bits per heavy atom. The van der Waals surface area contributed by atoms with Crippen molar-refractivity contribution in [2.45, 2.75) is 43.2 Å². The van der Waals surface area contributed by atoms with E-state index in [9.17, 15) is 5.26 Å². The maximum atomic E-state index is 10.4. The van der Waals surface area contributed by atoms with Gasteiger partial charge in [-0.25, -0.2) is 0 Å². The largest absolute Gasteiger partial charge is 0.299 e. The standard InChI is InChI=1S/C23H24N2/c1-25-20-12-17(13-22(20)15-21(22)25)14-23(16-24,18-8-4-2-5-9-18)19-10-6-3-7-11-19/h2-11,17,20-21H,12-15H2,1H3/t17-,20-,21-,22?/m0/s1. The SMILES string of the molecule is CN1[C@H]2C[C@H](CC(C#N)(c3ccccc3)c3ccccc3)CC23C[C@H]13. The fourth-order valence-electron chi connectivity index (χ4n) is 6.05. The van der Waals surface area contributed by atoms with Crippen LogP contribution in [0.5, 0.6) is 0 Å². The third-order valence-corrected chi connectivity index (χ3v) is 7.27. The van der Waals surface area contributed by atoms with Crippen LogP contribution >= 0.6 is 0 Å². The Morgan fingerprint density at radius 1 is 1.00 bits per heavy atom. The van der Waals surface area contributed by atoms with Crippen LogP contribution in [0.3, 0.4) is 0 Å². The minimum Gasteiger partial charge on any atom is -0.299 e. The summed E-state index contributed by atoms with van der Waals surface area (Å²) >= 11 is 0. The molecule has 0 radical (unpaired) electrons. The van der Waals surface area contributed by atoms with E-state index in [1.54, 1.807) is 0 Å². The zero-order valence-electron chi connectivity index (χ0n) is 14.7. The molecule has 0 amide bonds. The molecule has 1 spiro atoms. The molecule has 1 aliphatic heterocycles. The first-order valence-electron chi connectivity index (χ1n) is 9.44. The summed E-state index contributed by atoms with van der Waals surface area (Å²) in [5, 5.41) is 10.4. The van der Waals surface area contributed by atoms with E-state index >= 15 is 0 Å². The topological polar surface area (TPSA) is 27.0 Å². The van der Waals surface area contributed by atoms with Crippen LogP contribution in [0.1, 0.15) is 36.8 Å². The Hall–Kier alpha value is -2.11. The minimum atomic E-state index is -0.531. The fraction of sp³-hybridized carbons (Fsp3) is 0.435. The number of nitrogens with zero attached hydrogens (tertiary/aromatic N) is 2. The van der Waals surface area contributed by atoms with Crippen LogP contribution in [0.2, 0.25) is 0 Å². The second-order valence-electron chi connectivity index (χ2n) is 8.39. The number of nitriles is 1. The number of hydrogen-bond acceptors (Lipinski definition) is 2. The molecule has 2 heteroatoms. The highest BCUT2D eigenvalue weighted by Crippen LogP contribution is 2.72. The predicted molar refractivity (Wildman–Crippen MR) is 99.0 cm³/mol. The summed E-state index contributed by atoms with van der Waals surface area (Å²) in [7, 11) is 2.29. The van der Waals surface area contributed by atoms with Crippen molar-refractivity contribution >= 4 is 0 Å². The molecule has 3 fully saturated rings. The number of hydrogen-bond donors (Lipinski definition) is 0. The molecule has 1 heterocycles. The summed E-state index contributed by atoms with van der Waals surface area (Å²) in [5.41, 5.74) is 2.37. The van der Waals surface area contributed by atoms with E-state index in [-0.39, 0.29) is 0 Å². The van der Waals surface area contributed by atoms with Gasteiger partial charge in [0.05, 0.1) is 6.07 Å². The van der Waals surface area contributed by atoms with Crippen molar-refractivity contribution in [2.75, 3.05) is 7.05 Å². The Balaban J connectivity index is 1.52. The van der Waals surface area contributed by atoms with Gasteiger partial charge in [0.15, 0.2) is 0 Å². The second kappa shape index (κ2) is 5.19. The normalized spacial score (nSPS) is 33.0. The minimum absolute atomic E-state index is 0.531. The molecular formula is C23H24N2. The van der Waals surface area contributed by atoms with Crippen LogP contribution in [0, 0.1) is 22.7 Å². The van der Waals surface area contributed by atoms with Crippen molar-refractivity contribution in [3.8, 4) is 6.07 Å². The molecule has 2 nitrogen and oxygen atoms in total. The molecule has 126 valence electrons. The lowest BCUT2D eigenvalue weighted by molar-refractivity contribution is 0.0637. The molecule has 1 unspecified atom stereocenters. The van der Waals surface area contributed by atoms with Crippen molar-refractivity contribution in [3.63, 3.8) is 0 Å². The molecule has 2 aromatic rings. The van der Waals surface area contributed by atoms with Crippen LogP contribution < -0.4 is 0 Å². The Bertz CT molecular complexity index is 783. The van der Waals surface area contributed by atoms with E-state index in [0.717, 1.165) is 29.6 Å². The average Bonchev–Trinajstić information content (AvgIpc) is 3.21. The van der Waals surface area contributed by atoms with E-state index in [4.69, 9.17) is 0 Å². The summed E-state index contributed by atoms with van der Waals surface area (Å²) in [5.74, 6) is 0.639. The zero-order chi connectivity index (χ0) is 17.1. The molecule has 0 aromatic heterocycles. The summed E-state index contributed by atoms with van der Waals surface area (Å²) in [4.78, 5) is 2.58. The van der Waals surface area contributed by atoms with E-state index in [0.29, 0.717) is 11.3 Å². The molecule has 3 aliphatic rings. The van der Waals surface area contributed by atoms with Gasteiger partial charge in [-0.2, -0.15) is 5.26 Å². The lowest BCUT2D eigenvalue weighted by Crippen LogP contribution is -2.50. The second-order valence-corrected chi connectivity index (χ2v) is 8.39. The number of benzene rings is 2. The van der Waals surface area contributed by atoms with Crippen LogP contribution in [0.25, 0.3) is 0 Å². The van der Waals surface area contributed by atoms with E-state index in [2.05, 4.69) is 66.5 Å². The van der Waals surface area contributed by atoms with Crippen molar-refractivity contribution in [1.29, 1.82) is 5.26 Å². The van der Waals surface area contributed by atoms with Gasteiger partial charge in [0.2, 0.25) is 0 Å². The van der Waals surface area contributed by atoms with Gasteiger partial charge >= 0.3 is 0 Å². The van der Waals surface area contributed by atoms with Crippen molar-refractivity contribution in [2.24, 2.45) is 11.3 Å². The summed E-state index contributed by atoms with van der Waals surface area (Å²) in [6.45, 7) is 0. The lowest BCUT2D eigenvalue weighted by atomic mass is 9.69. The smallest absolute Gasteiger partial charge is 0.107 e. The van der Waals surface area contributed by atoms with Gasteiger partial charge < -0.3 is 0 Å². The molecule has 2 aliphatic carbocycles. The quantitative estimate of drug-likeness (QED) is 0.833.